The number of carbonyl (C=O) groups excluding carboxylic acids is 1. The summed E-state index contributed by atoms with van der Waals surface area (Å²) in [6, 6.07) is 11.0. The summed E-state index contributed by atoms with van der Waals surface area (Å²) in [6.45, 7) is 0.968. The molecule has 1 N–H and O–H groups in total. The van der Waals surface area contributed by atoms with Crippen molar-refractivity contribution in [1.29, 1.82) is 0 Å². The number of carboxylic acids is 1. The number of hydrogen-bond donors (Lipinski definition) is 1. The molecule has 0 bridgehead atoms. The van der Waals surface area contributed by atoms with Crippen molar-refractivity contribution in [2.75, 3.05) is 6.54 Å². The highest BCUT2D eigenvalue weighted by Crippen LogP contribution is 2.09. The van der Waals surface area contributed by atoms with Gasteiger partial charge in [0.05, 0.1) is 12.2 Å². The van der Waals surface area contributed by atoms with Crippen LogP contribution in [0.1, 0.15) is 11.3 Å². The molecule has 0 saturated carbocycles. The van der Waals surface area contributed by atoms with Gasteiger partial charge in [0, 0.05) is 10.6 Å². The SMILES string of the molecule is O=C([O-])C[NH+](Cc1cccc(Cl)c1)Cc1ccco1. The molecular formula is C14H14ClNO3. The Hall–Kier alpha value is -1.78. The third-order valence-electron chi connectivity index (χ3n) is 2.74. The third kappa shape index (κ3) is 4.43. The van der Waals surface area contributed by atoms with Gasteiger partial charge in [-0.3, -0.25) is 0 Å². The molecule has 0 aliphatic carbocycles. The van der Waals surface area contributed by atoms with Crippen molar-refractivity contribution in [1.82, 2.24) is 0 Å². The molecule has 1 unspecified atom stereocenters. The monoisotopic (exact) mass is 279 g/mol. The van der Waals surface area contributed by atoms with Gasteiger partial charge < -0.3 is 19.2 Å². The van der Waals surface area contributed by atoms with Gasteiger partial charge in [0.2, 0.25) is 0 Å². The van der Waals surface area contributed by atoms with Gasteiger partial charge in [0.15, 0.2) is 5.76 Å². The van der Waals surface area contributed by atoms with E-state index >= 15 is 0 Å². The van der Waals surface area contributed by atoms with Crippen molar-refractivity contribution in [3.63, 3.8) is 0 Å². The van der Waals surface area contributed by atoms with Gasteiger partial charge in [-0.05, 0) is 24.3 Å². The predicted octanol–water partition coefficient (Wildman–Crippen LogP) is 0.268. The van der Waals surface area contributed by atoms with Gasteiger partial charge in [0.1, 0.15) is 19.6 Å². The summed E-state index contributed by atoms with van der Waals surface area (Å²) in [7, 11) is 0. The molecule has 1 atom stereocenters. The number of halogens is 1. The number of aliphatic carboxylic acids is 1. The van der Waals surface area contributed by atoms with Gasteiger partial charge >= 0.3 is 0 Å². The molecule has 4 nitrogen and oxygen atoms in total. The van der Waals surface area contributed by atoms with Gasteiger partial charge in [0.25, 0.3) is 0 Å². The van der Waals surface area contributed by atoms with E-state index in [4.69, 9.17) is 16.0 Å². The highest BCUT2D eigenvalue weighted by Gasteiger charge is 2.13. The quantitative estimate of drug-likeness (QED) is 0.826. The molecule has 2 rings (SSSR count). The molecule has 0 fully saturated rings. The largest absolute Gasteiger partial charge is 0.544 e. The standard InChI is InChI=1S/C14H14ClNO3/c15-12-4-1-3-11(7-12)8-16(10-14(17)18)9-13-5-2-6-19-13/h1-7H,8-10H2,(H,17,18). The minimum Gasteiger partial charge on any atom is -0.544 e. The highest BCUT2D eigenvalue weighted by atomic mass is 35.5. The smallest absolute Gasteiger partial charge is 0.157 e. The molecule has 1 heterocycles. The molecule has 19 heavy (non-hydrogen) atoms. The fourth-order valence-corrected chi connectivity index (χ4v) is 2.20. The Balaban J connectivity index is 2.07. The van der Waals surface area contributed by atoms with Crippen LogP contribution < -0.4 is 10.0 Å². The highest BCUT2D eigenvalue weighted by molar-refractivity contribution is 6.30. The van der Waals surface area contributed by atoms with Crippen LogP contribution in [0.5, 0.6) is 0 Å². The molecule has 0 aliphatic rings. The second kappa shape index (κ2) is 6.41. The summed E-state index contributed by atoms with van der Waals surface area (Å²) in [6.07, 6.45) is 1.57. The number of hydrogen-bond acceptors (Lipinski definition) is 3. The zero-order valence-corrected chi connectivity index (χ0v) is 11.0. The maximum Gasteiger partial charge on any atom is 0.157 e. The molecule has 0 saturated heterocycles. The van der Waals surface area contributed by atoms with E-state index in [1.54, 1.807) is 18.4 Å². The zero-order chi connectivity index (χ0) is 13.7. The number of carbonyl (C=O) groups is 1. The Morgan fingerprint density at radius 3 is 2.74 bits per heavy atom. The van der Waals surface area contributed by atoms with Crippen LogP contribution >= 0.6 is 11.6 Å². The summed E-state index contributed by atoms with van der Waals surface area (Å²) in [5.41, 5.74) is 0.982. The van der Waals surface area contributed by atoms with Crippen LogP contribution in [0.15, 0.2) is 47.1 Å². The van der Waals surface area contributed by atoms with Crippen LogP contribution in [-0.4, -0.2) is 12.5 Å². The first-order chi connectivity index (χ1) is 9.13. The van der Waals surface area contributed by atoms with E-state index in [0.717, 1.165) is 16.2 Å². The predicted molar refractivity (Wildman–Crippen MR) is 68.4 cm³/mol. The lowest BCUT2D eigenvalue weighted by Gasteiger charge is -2.19. The lowest BCUT2D eigenvalue weighted by Crippen LogP contribution is -3.10. The number of carboxylic acid groups (broad SMARTS) is 1. The van der Waals surface area contributed by atoms with Crippen molar-refractivity contribution < 1.29 is 19.2 Å². The third-order valence-corrected chi connectivity index (χ3v) is 2.98. The van der Waals surface area contributed by atoms with Crippen molar-refractivity contribution in [2.24, 2.45) is 0 Å². The fraction of sp³-hybridized carbons (Fsp3) is 0.214. The first-order valence-corrected chi connectivity index (χ1v) is 6.31. The summed E-state index contributed by atoms with van der Waals surface area (Å²) in [4.78, 5) is 11.6. The van der Waals surface area contributed by atoms with Gasteiger partial charge in [-0.25, -0.2) is 0 Å². The van der Waals surface area contributed by atoms with E-state index in [1.165, 1.54) is 0 Å². The minimum absolute atomic E-state index is 0.0762. The maximum atomic E-state index is 10.8. The first kappa shape index (κ1) is 13.6. The molecule has 100 valence electrons. The molecule has 0 spiro atoms. The summed E-state index contributed by atoms with van der Waals surface area (Å²) < 4.78 is 5.25. The normalized spacial score (nSPS) is 12.3. The molecule has 0 radical (unpaired) electrons. The van der Waals surface area contributed by atoms with Crippen LogP contribution in [0.2, 0.25) is 5.02 Å². The van der Waals surface area contributed by atoms with Crippen LogP contribution in [-0.2, 0) is 17.9 Å². The Kier molecular flexibility index (Phi) is 4.60. The first-order valence-electron chi connectivity index (χ1n) is 5.94. The van der Waals surface area contributed by atoms with Crippen molar-refractivity contribution in [3.8, 4) is 0 Å². The van der Waals surface area contributed by atoms with E-state index in [-0.39, 0.29) is 6.54 Å². The molecule has 2 aromatic rings. The van der Waals surface area contributed by atoms with Gasteiger partial charge in [-0.1, -0.05) is 23.7 Å². The zero-order valence-electron chi connectivity index (χ0n) is 10.3. The summed E-state index contributed by atoms with van der Waals surface area (Å²) in [5, 5.41) is 11.4. The Morgan fingerprint density at radius 1 is 1.26 bits per heavy atom. The lowest BCUT2D eigenvalue weighted by molar-refractivity contribution is -0.922. The van der Waals surface area contributed by atoms with Crippen LogP contribution in [0.3, 0.4) is 0 Å². The number of quaternary nitrogens is 1. The van der Waals surface area contributed by atoms with Crippen LogP contribution in [0, 0.1) is 0 Å². The number of rotatable bonds is 6. The van der Waals surface area contributed by atoms with Gasteiger partial charge in [-0.2, -0.15) is 0 Å². The van der Waals surface area contributed by atoms with E-state index < -0.39 is 5.97 Å². The average Bonchev–Trinajstić information content (AvgIpc) is 2.80. The summed E-state index contributed by atoms with van der Waals surface area (Å²) in [5.74, 6) is -0.332. The van der Waals surface area contributed by atoms with Crippen molar-refractivity contribution in [2.45, 2.75) is 13.1 Å². The Bertz CT molecular complexity index is 539. The number of benzene rings is 1. The van der Waals surface area contributed by atoms with Crippen LogP contribution in [0.4, 0.5) is 0 Å². The lowest BCUT2D eigenvalue weighted by atomic mass is 10.2. The van der Waals surface area contributed by atoms with Crippen molar-refractivity contribution in [3.05, 3.63) is 59.0 Å². The topological polar surface area (TPSA) is 57.7 Å². The molecule has 1 aromatic heterocycles. The maximum absolute atomic E-state index is 10.8. The fourth-order valence-electron chi connectivity index (χ4n) is 1.99. The average molecular weight is 280 g/mol. The van der Waals surface area contributed by atoms with E-state index in [9.17, 15) is 9.90 Å². The second-order valence-corrected chi connectivity index (χ2v) is 4.80. The van der Waals surface area contributed by atoms with E-state index in [1.807, 2.05) is 24.3 Å². The molecule has 1 aromatic carbocycles. The van der Waals surface area contributed by atoms with Crippen LogP contribution in [0.25, 0.3) is 0 Å². The Morgan fingerprint density at radius 2 is 2.11 bits per heavy atom. The molecule has 0 amide bonds. The molecule has 5 heteroatoms. The minimum atomic E-state index is -1.08. The number of furan rings is 1. The second-order valence-electron chi connectivity index (χ2n) is 4.36. The van der Waals surface area contributed by atoms with Gasteiger partial charge in [-0.15, -0.1) is 0 Å². The Labute approximate surface area is 116 Å². The van der Waals surface area contributed by atoms with E-state index in [0.29, 0.717) is 18.1 Å². The van der Waals surface area contributed by atoms with E-state index in [2.05, 4.69) is 0 Å². The van der Waals surface area contributed by atoms with Crippen molar-refractivity contribution >= 4 is 17.6 Å². The number of nitrogens with one attached hydrogen (secondary N) is 1. The molecular weight excluding hydrogens is 266 g/mol. The molecule has 0 aliphatic heterocycles. The summed E-state index contributed by atoms with van der Waals surface area (Å²) >= 11 is 5.92.